The van der Waals surface area contributed by atoms with Crippen LogP contribution in [0, 0.1) is 0 Å². The zero-order chi connectivity index (χ0) is 21.6. The van der Waals surface area contributed by atoms with Gasteiger partial charge in [0.1, 0.15) is 5.60 Å². The fourth-order valence-corrected chi connectivity index (χ4v) is 3.46. The summed E-state index contributed by atoms with van der Waals surface area (Å²) in [5.41, 5.74) is 0.948. The van der Waals surface area contributed by atoms with Crippen LogP contribution in [0.4, 0.5) is 4.79 Å². The Hall–Kier alpha value is -2.41. The summed E-state index contributed by atoms with van der Waals surface area (Å²) < 4.78 is 16.9. The SMILES string of the molecule is COC[C@@H](NC1([C@H](Cc2ccccc2)NC(=O)OC(C)(C)C)CO1)c1ccccc1. The van der Waals surface area contributed by atoms with Crippen molar-refractivity contribution >= 4 is 6.09 Å². The van der Waals surface area contributed by atoms with Crippen molar-refractivity contribution in [3.8, 4) is 0 Å². The highest BCUT2D eigenvalue weighted by atomic mass is 16.6. The lowest BCUT2D eigenvalue weighted by atomic mass is 9.97. The number of hydrogen-bond donors (Lipinski definition) is 2. The summed E-state index contributed by atoms with van der Waals surface area (Å²) in [5.74, 6) is 0. The molecule has 1 saturated heterocycles. The maximum atomic E-state index is 12.6. The molecule has 1 fully saturated rings. The van der Waals surface area contributed by atoms with E-state index in [0.717, 1.165) is 11.1 Å². The molecule has 162 valence electrons. The summed E-state index contributed by atoms with van der Waals surface area (Å²) in [6.45, 7) is 6.53. The van der Waals surface area contributed by atoms with Crippen molar-refractivity contribution in [3.05, 3.63) is 71.8 Å². The van der Waals surface area contributed by atoms with Crippen LogP contribution in [0.2, 0.25) is 0 Å². The molecule has 2 aromatic rings. The summed E-state index contributed by atoms with van der Waals surface area (Å²) >= 11 is 0. The highest BCUT2D eigenvalue weighted by molar-refractivity contribution is 5.68. The van der Waals surface area contributed by atoms with Gasteiger partial charge in [-0.3, -0.25) is 5.32 Å². The molecule has 0 radical (unpaired) electrons. The van der Waals surface area contributed by atoms with Gasteiger partial charge in [0, 0.05) is 7.11 Å². The molecule has 1 amide bonds. The zero-order valence-electron chi connectivity index (χ0n) is 18.2. The van der Waals surface area contributed by atoms with E-state index < -0.39 is 17.4 Å². The van der Waals surface area contributed by atoms with Crippen molar-refractivity contribution in [2.24, 2.45) is 0 Å². The molecule has 30 heavy (non-hydrogen) atoms. The smallest absolute Gasteiger partial charge is 0.408 e. The third kappa shape index (κ3) is 6.29. The number of benzene rings is 2. The van der Waals surface area contributed by atoms with E-state index in [0.29, 0.717) is 19.6 Å². The first-order valence-electron chi connectivity index (χ1n) is 10.3. The molecule has 3 atom stereocenters. The van der Waals surface area contributed by atoms with Crippen molar-refractivity contribution in [2.75, 3.05) is 20.3 Å². The van der Waals surface area contributed by atoms with Gasteiger partial charge in [-0.2, -0.15) is 0 Å². The standard InChI is InChI=1S/C24H32N2O4/c1-23(2,3)30-22(27)25-21(15-18-11-7-5-8-12-18)24(17-29-24)26-20(16-28-4)19-13-9-6-10-14-19/h5-14,20-21,26H,15-17H2,1-4H3,(H,25,27)/t20-,21+,24?/m1/s1. The number of nitrogens with one attached hydrogen (secondary N) is 2. The predicted octanol–water partition coefficient (Wildman–Crippen LogP) is 3.83. The van der Waals surface area contributed by atoms with E-state index in [9.17, 15) is 4.79 Å². The average Bonchev–Trinajstić information content (AvgIpc) is 3.48. The quantitative estimate of drug-likeness (QED) is 0.613. The number of hydrogen-bond acceptors (Lipinski definition) is 5. The Morgan fingerprint density at radius 1 is 1.10 bits per heavy atom. The lowest BCUT2D eigenvalue weighted by Crippen LogP contribution is -2.56. The normalized spacial score (nSPS) is 20.3. The molecule has 0 aromatic heterocycles. The molecule has 0 bridgehead atoms. The molecule has 0 aliphatic carbocycles. The van der Waals surface area contributed by atoms with Crippen LogP contribution in [-0.4, -0.2) is 43.8 Å². The molecule has 1 heterocycles. The minimum absolute atomic E-state index is 0.0718. The number of amides is 1. The summed E-state index contributed by atoms with van der Waals surface area (Å²) in [6, 6.07) is 19.8. The van der Waals surface area contributed by atoms with E-state index in [1.807, 2.05) is 69.3 Å². The summed E-state index contributed by atoms with van der Waals surface area (Å²) in [6.07, 6.45) is 0.157. The van der Waals surface area contributed by atoms with Crippen LogP contribution in [0.1, 0.15) is 37.9 Å². The van der Waals surface area contributed by atoms with Crippen molar-refractivity contribution in [1.82, 2.24) is 10.6 Å². The van der Waals surface area contributed by atoms with Crippen LogP contribution in [-0.2, 0) is 20.6 Å². The molecule has 0 spiro atoms. The first-order valence-corrected chi connectivity index (χ1v) is 10.3. The summed E-state index contributed by atoms with van der Waals surface area (Å²) in [7, 11) is 1.68. The summed E-state index contributed by atoms with van der Waals surface area (Å²) in [5, 5.41) is 6.63. The van der Waals surface area contributed by atoms with Gasteiger partial charge in [-0.1, -0.05) is 60.7 Å². The van der Waals surface area contributed by atoms with Crippen LogP contribution in [0.3, 0.4) is 0 Å². The molecular formula is C24H32N2O4. The van der Waals surface area contributed by atoms with E-state index in [2.05, 4.69) is 22.8 Å². The Kier molecular flexibility index (Phi) is 7.13. The van der Waals surface area contributed by atoms with Crippen LogP contribution in [0.15, 0.2) is 60.7 Å². The van der Waals surface area contributed by atoms with Gasteiger partial charge in [-0.15, -0.1) is 0 Å². The molecule has 3 rings (SSSR count). The van der Waals surface area contributed by atoms with E-state index in [1.165, 1.54) is 0 Å². The van der Waals surface area contributed by atoms with Gasteiger partial charge < -0.3 is 19.5 Å². The molecule has 6 nitrogen and oxygen atoms in total. The second-order valence-electron chi connectivity index (χ2n) is 8.63. The van der Waals surface area contributed by atoms with E-state index in [-0.39, 0.29) is 12.1 Å². The Morgan fingerprint density at radius 2 is 1.70 bits per heavy atom. The molecule has 6 heteroatoms. The third-order valence-electron chi connectivity index (χ3n) is 4.95. The number of ether oxygens (including phenoxy) is 3. The summed E-state index contributed by atoms with van der Waals surface area (Å²) in [4.78, 5) is 12.6. The van der Waals surface area contributed by atoms with Gasteiger partial charge in [0.25, 0.3) is 0 Å². The molecule has 1 unspecified atom stereocenters. The highest BCUT2D eigenvalue weighted by Gasteiger charge is 2.53. The Morgan fingerprint density at radius 3 is 2.23 bits per heavy atom. The van der Waals surface area contributed by atoms with Crippen molar-refractivity contribution in [1.29, 1.82) is 0 Å². The van der Waals surface area contributed by atoms with E-state index in [1.54, 1.807) is 7.11 Å². The van der Waals surface area contributed by atoms with Gasteiger partial charge in [0.15, 0.2) is 5.72 Å². The number of epoxide rings is 1. The van der Waals surface area contributed by atoms with Gasteiger partial charge in [0.05, 0.1) is 25.3 Å². The average molecular weight is 413 g/mol. The predicted molar refractivity (Wildman–Crippen MR) is 116 cm³/mol. The Labute approximate surface area is 178 Å². The fourth-order valence-electron chi connectivity index (χ4n) is 3.46. The number of methoxy groups -OCH3 is 1. The van der Waals surface area contributed by atoms with Crippen LogP contribution < -0.4 is 10.6 Å². The van der Waals surface area contributed by atoms with E-state index >= 15 is 0 Å². The first-order chi connectivity index (χ1) is 14.3. The first kappa shape index (κ1) is 22.3. The number of carbonyl (C=O) groups is 1. The van der Waals surface area contributed by atoms with Crippen LogP contribution in [0.25, 0.3) is 0 Å². The number of alkyl carbamates (subject to hydrolysis) is 1. The minimum Gasteiger partial charge on any atom is -0.444 e. The molecule has 0 saturated carbocycles. The Balaban J connectivity index is 1.80. The van der Waals surface area contributed by atoms with Gasteiger partial charge >= 0.3 is 6.09 Å². The van der Waals surface area contributed by atoms with Gasteiger partial charge in [-0.25, -0.2) is 4.79 Å². The zero-order valence-corrected chi connectivity index (χ0v) is 18.2. The fraction of sp³-hybridized carbons (Fsp3) is 0.458. The molecule has 1 aliphatic heterocycles. The molecule has 2 aromatic carbocycles. The second-order valence-corrected chi connectivity index (χ2v) is 8.63. The topological polar surface area (TPSA) is 72.1 Å². The highest BCUT2D eigenvalue weighted by Crippen LogP contribution is 2.33. The van der Waals surface area contributed by atoms with Crippen molar-refractivity contribution in [2.45, 2.75) is 50.6 Å². The number of carbonyl (C=O) groups excluding carboxylic acids is 1. The van der Waals surface area contributed by atoms with Gasteiger partial charge in [-0.05, 0) is 38.3 Å². The molecular weight excluding hydrogens is 380 g/mol. The van der Waals surface area contributed by atoms with Crippen molar-refractivity contribution in [3.63, 3.8) is 0 Å². The maximum absolute atomic E-state index is 12.6. The lowest BCUT2D eigenvalue weighted by Gasteiger charge is -2.31. The Bertz CT molecular complexity index is 801. The molecule has 1 aliphatic rings. The maximum Gasteiger partial charge on any atom is 0.408 e. The minimum atomic E-state index is -0.689. The second kappa shape index (κ2) is 9.60. The monoisotopic (exact) mass is 412 g/mol. The van der Waals surface area contributed by atoms with Crippen LogP contribution >= 0.6 is 0 Å². The lowest BCUT2D eigenvalue weighted by molar-refractivity contribution is 0.0442. The van der Waals surface area contributed by atoms with Crippen LogP contribution in [0.5, 0.6) is 0 Å². The van der Waals surface area contributed by atoms with E-state index in [4.69, 9.17) is 14.2 Å². The largest absolute Gasteiger partial charge is 0.444 e. The number of rotatable bonds is 9. The van der Waals surface area contributed by atoms with Crippen molar-refractivity contribution < 1.29 is 19.0 Å². The third-order valence-corrected chi connectivity index (χ3v) is 4.95. The molecule has 2 N–H and O–H groups in total. The van der Waals surface area contributed by atoms with Gasteiger partial charge in [0.2, 0.25) is 0 Å².